The molecule has 0 aromatic heterocycles. The molecular weight excluding hydrogens is 292 g/mol. The van der Waals surface area contributed by atoms with Gasteiger partial charge in [0.05, 0.1) is 6.10 Å². The van der Waals surface area contributed by atoms with Crippen molar-refractivity contribution in [1.29, 1.82) is 0 Å². The average Bonchev–Trinajstić information content (AvgIpc) is 2.49. The molecular formula is C15H22O7. The Bertz CT molecular complexity index is 499. The number of aliphatic hydroxyl groups excluding tert-OH is 2. The summed E-state index contributed by atoms with van der Waals surface area (Å²) in [5, 5.41) is 19.8. The first-order valence-corrected chi connectivity index (χ1v) is 6.70. The molecule has 0 aliphatic rings. The lowest BCUT2D eigenvalue weighted by atomic mass is 9.98. The number of esters is 1. The Morgan fingerprint density at radius 1 is 1.18 bits per heavy atom. The van der Waals surface area contributed by atoms with E-state index in [-0.39, 0.29) is 30.5 Å². The van der Waals surface area contributed by atoms with Crippen LogP contribution in [-0.4, -0.2) is 50.1 Å². The maximum atomic E-state index is 12.1. The number of aliphatic hydroxyl groups is 2. The maximum Gasteiger partial charge on any atom is 0.344 e. The van der Waals surface area contributed by atoms with E-state index >= 15 is 0 Å². The third-order valence-corrected chi connectivity index (χ3v) is 2.89. The third-order valence-electron chi connectivity index (χ3n) is 2.89. The van der Waals surface area contributed by atoms with Gasteiger partial charge in [-0.1, -0.05) is 0 Å². The van der Waals surface area contributed by atoms with Crippen molar-refractivity contribution in [3.05, 3.63) is 28.8 Å². The fraction of sp³-hybridized carbons (Fsp3) is 0.533. The van der Waals surface area contributed by atoms with Crippen molar-refractivity contribution in [3.8, 4) is 5.75 Å². The van der Waals surface area contributed by atoms with Crippen molar-refractivity contribution in [1.82, 2.24) is 0 Å². The van der Waals surface area contributed by atoms with Crippen LogP contribution in [0.3, 0.4) is 0 Å². The Kier molecular flexibility index (Phi) is 7.26. The topological polar surface area (TPSA) is 94.5 Å². The van der Waals surface area contributed by atoms with Crippen LogP contribution in [0.5, 0.6) is 5.75 Å². The van der Waals surface area contributed by atoms with E-state index in [9.17, 15) is 15.0 Å². The number of hydrogen-bond donors (Lipinski definition) is 2. The molecule has 22 heavy (non-hydrogen) atoms. The molecule has 0 heterocycles. The first-order valence-electron chi connectivity index (χ1n) is 6.70. The average molecular weight is 314 g/mol. The summed E-state index contributed by atoms with van der Waals surface area (Å²) in [6, 6.07) is 3.21. The van der Waals surface area contributed by atoms with Crippen LogP contribution < -0.4 is 4.74 Å². The highest BCUT2D eigenvalue weighted by Gasteiger charge is 2.25. The van der Waals surface area contributed by atoms with Gasteiger partial charge in [0.2, 0.25) is 0 Å². The van der Waals surface area contributed by atoms with Crippen molar-refractivity contribution in [3.63, 3.8) is 0 Å². The molecule has 0 saturated heterocycles. The molecule has 0 fully saturated rings. The lowest BCUT2D eigenvalue weighted by molar-refractivity contribution is -0.0136. The highest BCUT2D eigenvalue weighted by Crippen LogP contribution is 2.33. The number of carbonyl (C=O) groups is 1. The number of methoxy groups -OCH3 is 2. The summed E-state index contributed by atoms with van der Waals surface area (Å²) in [5.74, 6) is -0.544. The van der Waals surface area contributed by atoms with Gasteiger partial charge in [-0.15, -0.1) is 0 Å². The number of aryl methyl sites for hydroxylation is 1. The molecule has 124 valence electrons. The van der Waals surface area contributed by atoms with Gasteiger partial charge in [-0.25, -0.2) is 4.79 Å². The zero-order valence-corrected chi connectivity index (χ0v) is 13.2. The van der Waals surface area contributed by atoms with Crippen molar-refractivity contribution >= 4 is 5.97 Å². The fourth-order valence-electron chi connectivity index (χ4n) is 1.90. The number of carbonyl (C=O) groups excluding carboxylic acids is 1. The van der Waals surface area contributed by atoms with E-state index < -0.39 is 18.2 Å². The summed E-state index contributed by atoms with van der Waals surface area (Å²) in [6.07, 6.45) is -2.24. The molecule has 0 aliphatic heterocycles. The van der Waals surface area contributed by atoms with E-state index in [0.717, 1.165) is 0 Å². The maximum absolute atomic E-state index is 12.1. The minimum Gasteiger partial charge on any atom is -0.466 e. The summed E-state index contributed by atoms with van der Waals surface area (Å²) >= 11 is 0. The Labute approximate surface area is 129 Å². The zero-order chi connectivity index (χ0) is 16.7. The summed E-state index contributed by atoms with van der Waals surface area (Å²) in [5.41, 5.74) is 1.13. The lowest BCUT2D eigenvalue weighted by Gasteiger charge is -2.21. The lowest BCUT2D eigenvalue weighted by Crippen LogP contribution is -2.18. The molecule has 1 rings (SSSR count). The molecule has 7 heteroatoms. The van der Waals surface area contributed by atoms with E-state index in [0.29, 0.717) is 5.56 Å². The van der Waals surface area contributed by atoms with E-state index in [1.54, 1.807) is 19.1 Å². The van der Waals surface area contributed by atoms with E-state index in [1.807, 2.05) is 0 Å². The minimum absolute atomic E-state index is 0.113. The van der Waals surface area contributed by atoms with Crippen molar-refractivity contribution in [2.75, 3.05) is 27.8 Å². The molecule has 0 bridgehead atoms. The first kappa shape index (κ1) is 18.4. The van der Waals surface area contributed by atoms with E-state index in [2.05, 4.69) is 0 Å². The standard InChI is InChI=1S/C15H22O7/c1-9-5-11(13(17)10(2)16)14(21-7-19-3)12(6-9)15(18)22-8-20-4/h5-6,10,13,16-17H,7-8H2,1-4H3. The minimum atomic E-state index is -1.21. The number of ether oxygens (including phenoxy) is 4. The third kappa shape index (κ3) is 4.67. The number of rotatable bonds is 8. The second-order valence-electron chi connectivity index (χ2n) is 4.81. The van der Waals surface area contributed by atoms with Crippen LogP contribution in [0, 0.1) is 6.92 Å². The molecule has 1 aromatic rings. The second-order valence-corrected chi connectivity index (χ2v) is 4.81. The van der Waals surface area contributed by atoms with Crippen molar-refractivity contribution in [2.45, 2.75) is 26.1 Å². The van der Waals surface area contributed by atoms with Gasteiger partial charge in [0, 0.05) is 19.8 Å². The van der Waals surface area contributed by atoms with Gasteiger partial charge in [-0.2, -0.15) is 0 Å². The van der Waals surface area contributed by atoms with Crippen LogP contribution in [-0.2, 0) is 14.2 Å². The smallest absolute Gasteiger partial charge is 0.344 e. The van der Waals surface area contributed by atoms with Crippen molar-refractivity contribution < 1.29 is 34.0 Å². The number of hydrogen-bond acceptors (Lipinski definition) is 7. The summed E-state index contributed by atoms with van der Waals surface area (Å²) in [4.78, 5) is 12.1. The van der Waals surface area contributed by atoms with Gasteiger partial charge in [0.25, 0.3) is 0 Å². The first-order chi connectivity index (χ1) is 10.4. The van der Waals surface area contributed by atoms with Gasteiger partial charge >= 0.3 is 5.97 Å². The monoisotopic (exact) mass is 314 g/mol. The van der Waals surface area contributed by atoms with E-state index in [1.165, 1.54) is 21.1 Å². The molecule has 0 spiro atoms. The van der Waals surface area contributed by atoms with Gasteiger partial charge in [-0.3, -0.25) is 0 Å². The van der Waals surface area contributed by atoms with Crippen LogP contribution in [0.15, 0.2) is 12.1 Å². The number of benzene rings is 1. The SMILES string of the molecule is COCOC(=O)c1cc(C)cc(C(O)C(C)O)c1OCOC. The summed E-state index contributed by atoms with van der Waals surface area (Å²) in [7, 11) is 2.83. The summed E-state index contributed by atoms with van der Waals surface area (Å²) in [6.45, 7) is 2.87. The highest BCUT2D eigenvalue weighted by atomic mass is 16.7. The molecule has 0 saturated carbocycles. The fourth-order valence-corrected chi connectivity index (χ4v) is 1.90. The van der Waals surface area contributed by atoms with Gasteiger partial charge in [0.1, 0.15) is 17.4 Å². The molecule has 0 aliphatic carbocycles. The second kappa shape index (κ2) is 8.70. The van der Waals surface area contributed by atoms with Crippen LogP contribution >= 0.6 is 0 Å². The molecule has 7 nitrogen and oxygen atoms in total. The van der Waals surface area contributed by atoms with Gasteiger partial charge in [-0.05, 0) is 31.5 Å². The Morgan fingerprint density at radius 3 is 2.36 bits per heavy atom. The Hall–Kier alpha value is -1.67. The van der Waals surface area contributed by atoms with Crippen molar-refractivity contribution in [2.24, 2.45) is 0 Å². The molecule has 0 amide bonds. The molecule has 1 aromatic carbocycles. The molecule has 2 atom stereocenters. The van der Waals surface area contributed by atoms with Crippen LogP contribution in [0.1, 0.15) is 34.5 Å². The molecule has 2 unspecified atom stereocenters. The predicted molar refractivity (Wildman–Crippen MR) is 77.6 cm³/mol. The zero-order valence-electron chi connectivity index (χ0n) is 13.2. The normalized spacial score (nSPS) is 13.5. The quantitative estimate of drug-likeness (QED) is 0.549. The van der Waals surface area contributed by atoms with Crippen LogP contribution in [0.4, 0.5) is 0 Å². The summed E-state index contributed by atoms with van der Waals surface area (Å²) < 4.78 is 19.9. The highest BCUT2D eigenvalue weighted by molar-refractivity contribution is 5.93. The van der Waals surface area contributed by atoms with Crippen LogP contribution in [0.25, 0.3) is 0 Å². The Balaban J connectivity index is 3.30. The van der Waals surface area contributed by atoms with E-state index in [4.69, 9.17) is 18.9 Å². The van der Waals surface area contributed by atoms with Gasteiger partial charge < -0.3 is 29.2 Å². The van der Waals surface area contributed by atoms with Crippen LogP contribution in [0.2, 0.25) is 0 Å². The largest absolute Gasteiger partial charge is 0.466 e. The van der Waals surface area contributed by atoms with Gasteiger partial charge in [0.15, 0.2) is 13.6 Å². The Morgan fingerprint density at radius 2 is 1.82 bits per heavy atom. The molecule has 2 N–H and O–H groups in total. The predicted octanol–water partition coefficient (Wildman–Crippen LogP) is 1.15. The molecule has 0 radical (unpaired) electrons.